The van der Waals surface area contributed by atoms with Gasteiger partial charge in [0.15, 0.2) is 6.29 Å². The second kappa shape index (κ2) is 38.6. The number of hydrogen-bond donors (Lipinski definition) is 7. The van der Waals surface area contributed by atoms with Gasteiger partial charge in [0, 0.05) is 12.5 Å². The van der Waals surface area contributed by atoms with Gasteiger partial charge in [0.05, 0.1) is 25.4 Å². The van der Waals surface area contributed by atoms with Gasteiger partial charge in [-0.2, -0.15) is 0 Å². The maximum Gasteiger partial charge on any atom is 0.220 e. The highest BCUT2D eigenvalue weighted by Crippen LogP contribution is 2.23. The fourth-order valence-electron chi connectivity index (χ4n) is 8.55. The van der Waals surface area contributed by atoms with Crippen molar-refractivity contribution in [2.45, 2.75) is 282 Å². The zero-order chi connectivity index (χ0) is 44.2. The number of hydrogen-bond acceptors (Lipinski definition) is 10. The van der Waals surface area contributed by atoms with E-state index in [1.54, 1.807) is 0 Å². The molecule has 9 atom stereocenters. The van der Waals surface area contributed by atoms with Gasteiger partial charge in [-0.25, -0.2) is 0 Å². The van der Waals surface area contributed by atoms with Crippen LogP contribution in [0.25, 0.3) is 0 Å². The lowest BCUT2D eigenvalue weighted by Crippen LogP contribution is -2.60. The van der Waals surface area contributed by atoms with E-state index in [9.17, 15) is 35.4 Å². The number of aliphatic hydroxyl groups is 6. The van der Waals surface area contributed by atoms with Crippen molar-refractivity contribution < 1.29 is 44.9 Å². The zero-order valence-electron chi connectivity index (χ0n) is 39.3. The molecule has 0 saturated carbocycles. The van der Waals surface area contributed by atoms with Crippen molar-refractivity contribution in [2.75, 3.05) is 26.3 Å². The Balaban J connectivity index is 2.60. The standard InChI is InChI=1S/C49H98N2O9/c1-5-8-11-14-17-18-19-20-21-22-23-29-34-42(53)45(55)41(39-59-49-48(58)47(57)46(56)43(38-52)60-49)50-44(54)35-30-25-24-28-33-40(4)51(36-31-26-15-12-9-6-2)37-32-27-16-13-10-7-3/h40-43,45-49,52-53,55-58H,5-39H2,1-4H3,(H,50,54)/t40?,41-,42+,43+,45-,46-,47-,48+,49-/m0/s1. The van der Waals surface area contributed by atoms with Crippen molar-refractivity contribution in [3.8, 4) is 0 Å². The summed E-state index contributed by atoms with van der Waals surface area (Å²) in [5.41, 5.74) is 0. The number of unbranched alkanes of at least 4 members (excludes halogenated alkanes) is 24. The van der Waals surface area contributed by atoms with Crippen LogP contribution in [-0.4, -0.2) is 123 Å². The van der Waals surface area contributed by atoms with Crippen molar-refractivity contribution in [1.29, 1.82) is 0 Å². The number of carbonyl (C=O) groups excluding carboxylic acids is 1. The van der Waals surface area contributed by atoms with E-state index in [1.807, 2.05) is 0 Å². The van der Waals surface area contributed by atoms with Crippen molar-refractivity contribution in [2.24, 2.45) is 0 Å². The van der Waals surface area contributed by atoms with Crippen LogP contribution in [-0.2, 0) is 14.3 Å². The number of carbonyl (C=O) groups is 1. The van der Waals surface area contributed by atoms with Gasteiger partial charge in [-0.15, -0.1) is 0 Å². The summed E-state index contributed by atoms with van der Waals surface area (Å²) in [5.74, 6) is -0.258. The Morgan fingerprint density at radius 3 is 1.52 bits per heavy atom. The fraction of sp³-hybridized carbons (Fsp3) is 0.980. The average Bonchev–Trinajstić information content (AvgIpc) is 3.24. The summed E-state index contributed by atoms with van der Waals surface area (Å²) in [6.07, 6.45) is 26.0. The molecule has 1 fully saturated rings. The molecule has 1 heterocycles. The van der Waals surface area contributed by atoms with E-state index in [1.165, 1.54) is 142 Å². The molecule has 0 spiro atoms. The largest absolute Gasteiger partial charge is 0.394 e. The predicted molar refractivity (Wildman–Crippen MR) is 245 cm³/mol. The van der Waals surface area contributed by atoms with Gasteiger partial charge in [-0.3, -0.25) is 4.79 Å². The number of aliphatic hydroxyl groups excluding tert-OH is 6. The number of nitrogens with one attached hydrogen (secondary N) is 1. The lowest BCUT2D eigenvalue weighted by molar-refractivity contribution is -0.303. The van der Waals surface area contributed by atoms with Crippen LogP contribution in [0.15, 0.2) is 0 Å². The first-order valence-corrected chi connectivity index (χ1v) is 25.4. The number of rotatable bonds is 42. The molecule has 1 aliphatic rings. The van der Waals surface area contributed by atoms with E-state index >= 15 is 0 Å². The van der Waals surface area contributed by atoms with E-state index < -0.39 is 55.6 Å². The topological polar surface area (TPSA) is 172 Å². The van der Waals surface area contributed by atoms with Gasteiger partial charge < -0.3 is 50.3 Å². The molecule has 1 rings (SSSR count). The second-order valence-electron chi connectivity index (χ2n) is 18.3. The van der Waals surface area contributed by atoms with Crippen LogP contribution < -0.4 is 5.32 Å². The molecule has 0 aromatic rings. The van der Waals surface area contributed by atoms with E-state index in [2.05, 4.69) is 37.9 Å². The minimum Gasteiger partial charge on any atom is -0.394 e. The molecule has 0 aromatic carbocycles. The van der Waals surface area contributed by atoms with E-state index in [0.29, 0.717) is 18.9 Å². The Morgan fingerprint density at radius 1 is 0.600 bits per heavy atom. The third-order valence-corrected chi connectivity index (χ3v) is 12.8. The minimum absolute atomic E-state index is 0.258. The molecule has 1 aliphatic heterocycles. The number of ether oxygens (including phenoxy) is 2. The molecule has 358 valence electrons. The lowest BCUT2D eigenvalue weighted by Gasteiger charge is -2.40. The lowest BCUT2D eigenvalue weighted by atomic mass is 9.98. The molecule has 0 aromatic heterocycles. The van der Waals surface area contributed by atoms with Crippen molar-refractivity contribution >= 4 is 5.91 Å². The molecule has 11 heteroatoms. The van der Waals surface area contributed by atoms with Crippen molar-refractivity contribution in [3.05, 3.63) is 0 Å². The van der Waals surface area contributed by atoms with E-state index in [0.717, 1.165) is 51.4 Å². The smallest absolute Gasteiger partial charge is 0.220 e. The van der Waals surface area contributed by atoms with Gasteiger partial charge in [-0.1, -0.05) is 181 Å². The van der Waals surface area contributed by atoms with Crippen LogP contribution in [0.3, 0.4) is 0 Å². The van der Waals surface area contributed by atoms with Gasteiger partial charge >= 0.3 is 0 Å². The number of amides is 1. The monoisotopic (exact) mass is 859 g/mol. The molecule has 0 bridgehead atoms. The summed E-state index contributed by atoms with van der Waals surface area (Å²) in [6, 6.07) is -0.450. The summed E-state index contributed by atoms with van der Waals surface area (Å²) < 4.78 is 11.2. The highest BCUT2D eigenvalue weighted by molar-refractivity contribution is 5.76. The Labute approximate surface area is 368 Å². The Bertz CT molecular complexity index is 946. The Morgan fingerprint density at radius 2 is 1.03 bits per heavy atom. The maximum atomic E-state index is 13.2. The van der Waals surface area contributed by atoms with E-state index in [4.69, 9.17) is 9.47 Å². The molecule has 0 aliphatic carbocycles. The van der Waals surface area contributed by atoms with Crippen LogP contribution in [0.1, 0.15) is 227 Å². The van der Waals surface area contributed by atoms with Crippen LogP contribution in [0.5, 0.6) is 0 Å². The summed E-state index contributed by atoms with van der Waals surface area (Å²) in [4.78, 5) is 15.9. The van der Waals surface area contributed by atoms with Gasteiger partial charge in [0.2, 0.25) is 5.91 Å². The minimum atomic E-state index is -1.61. The third-order valence-electron chi connectivity index (χ3n) is 12.8. The molecule has 7 N–H and O–H groups in total. The normalized spacial score (nSPS) is 21.6. The van der Waals surface area contributed by atoms with Crippen LogP contribution in [0, 0.1) is 0 Å². The molecule has 1 unspecified atom stereocenters. The Kier molecular flexibility index (Phi) is 36.7. The van der Waals surface area contributed by atoms with Crippen LogP contribution in [0.4, 0.5) is 0 Å². The number of nitrogens with zero attached hydrogens (tertiary/aromatic N) is 1. The van der Waals surface area contributed by atoms with Gasteiger partial charge in [-0.05, 0) is 52.1 Å². The second-order valence-corrected chi connectivity index (χ2v) is 18.3. The first-order chi connectivity index (χ1) is 29.1. The van der Waals surface area contributed by atoms with Gasteiger partial charge in [0.1, 0.15) is 30.5 Å². The van der Waals surface area contributed by atoms with Crippen molar-refractivity contribution in [1.82, 2.24) is 10.2 Å². The molecule has 11 nitrogen and oxygen atoms in total. The predicted octanol–water partition coefficient (Wildman–Crippen LogP) is 8.85. The Hall–Kier alpha value is -0.890. The van der Waals surface area contributed by atoms with Gasteiger partial charge in [0.25, 0.3) is 0 Å². The maximum absolute atomic E-state index is 13.2. The molecular formula is C49H98N2O9. The SMILES string of the molecule is CCCCCCCCCCCCCC[C@@H](O)[C@@H](O)[C@H](CO[C@H]1O[C@H](CO)[C@H](O)[C@H](O)[C@H]1O)NC(=O)CCCCCCC(C)N(CCCCCCCC)CCCCCCCC. The molecule has 60 heavy (non-hydrogen) atoms. The van der Waals surface area contributed by atoms with Crippen molar-refractivity contribution in [3.63, 3.8) is 0 Å². The summed E-state index contributed by atoms with van der Waals surface area (Å²) >= 11 is 0. The first-order valence-electron chi connectivity index (χ1n) is 25.4. The quantitative estimate of drug-likeness (QED) is 0.0294. The molecule has 0 radical (unpaired) electrons. The van der Waals surface area contributed by atoms with Crippen LogP contribution in [0.2, 0.25) is 0 Å². The summed E-state index contributed by atoms with van der Waals surface area (Å²) in [7, 11) is 0. The highest BCUT2D eigenvalue weighted by atomic mass is 16.7. The molecular weight excluding hydrogens is 761 g/mol. The summed E-state index contributed by atoms with van der Waals surface area (Å²) in [5, 5.41) is 65.6. The van der Waals surface area contributed by atoms with Crippen LogP contribution >= 0.6 is 0 Å². The molecule has 1 saturated heterocycles. The third kappa shape index (κ3) is 27.3. The average molecular weight is 859 g/mol. The summed E-state index contributed by atoms with van der Waals surface area (Å²) in [6.45, 7) is 10.6. The first kappa shape index (κ1) is 57.1. The zero-order valence-corrected chi connectivity index (χ0v) is 39.3. The van der Waals surface area contributed by atoms with E-state index in [-0.39, 0.29) is 18.9 Å². The fourth-order valence-corrected chi connectivity index (χ4v) is 8.55. The molecule has 1 amide bonds. The highest BCUT2D eigenvalue weighted by Gasteiger charge is 2.44.